The van der Waals surface area contributed by atoms with E-state index in [1.807, 2.05) is 54.7 Å². The first kappa shape index (κ1) is 101. The van der Waals surface area contributed by atoms with Crippen molar-refractivity contribution in [1.29, 1.82) is 0 Å². The fraction of sp³-hybridized carbons (Fsp3) is 0.528. The molecule has 0 heterocycles. The summed E-state index contributed by atoms with van der Waals surface area (Å²) in [6, 6.07) is 0. The first-order valence-electron chi connectivity index (χ1n) is 39.6. The molecule has 0 aliphatic heterocycles. The van der Waals surface area contributed by atoms with Crippen molar-refractivity contribution < 1.29 is 80.2 Å². The van der Waals surface area contributed by atoms with E-state index in [1.54, 1.807) is 0 Å². The van der Waals surface area contributed by atoms with E-state index in [2.05, 4.69) is 204 Å². The van der Waals surface area contributed by atoms with Gasteiger partial charge in [-0.1, -0.05) is 291 Å². The van der Waals surface area contributed by atoms with Crippen LogP contribution < -0.4 is 0 Å². The van der Waals surface area contributed by atoms with Crippen LogP contribution in [0.25, 0.3) is 0 Å². The van der Waals surface area contributed by atoms with Gasteiger partial charge in [0.05, 0.1) is 26.4 Å². The number of carbonyl (C=O) groups excluding carboxylic acids is 4. The first-order chi connectivity index (χ1) is 52.7. The molecule has 108 heavy (non-hydrogen) atoms. The Morgan fingerprint density at radius 3 is 0.796 bits per heavy atom. The average molecular weight is 1540 g/mol. The van der Waals surface area contributed by atoms with E-state index in [0.29, 0.717) is 44.9 Å². The molecule has 0 aliphatic carbocycles. The third-order valence-corrected chi connectivity index (χ3v) is 17.0. The minimum atomic E-state index is -5.03. The van der Waals surface area contributed by atoms with Crippen LogP contribution in [-0.4, -0.2) is 96.7 Å². The van der Waals surface area contributed by atoms with E-state index in [0.717, 1.165) is 141 Å². The molecule has 0 saturated carbocycles. The van der Waals surface area contributed by atoms with Gasteiger partial charge in [-0.05, 0) is 161 Å². The molecule has 0 spiro atoms. The zero-order valence-electron chi connectivity index (χ0n) is 65.9. The molecular formula is C89H136O17P2. The Hall–Kier alpha value is -6.88. The summed E-state index contributed by atoms with van der Waals surface area (Å²) in [6.07, 6.45) is 101. The number of aliphatic hydroxyl groups is 1. The van der Waals surface area contributed by atoms with Crippen molar-refractivity contribution >= 4 is 39.5 Å². The molecule has 5 unspecified atom stereocenters. The number of rotatable bonds is 71. The SMILES string of the molecule is CC/C=C\C/C=C\C/C=C\C/C=C\C/C=C\C/C=C\CCC(=O)OCC(COP(=O)(O)OCC(O)COP(=O)(O)OCC(COC(=O)CC/C=C\C/C=C\C/C=C\C/C=C\C/C=C\C/C=C\CC)OC(=O)CCCCCCC/C=C\CCCC)OC(=O)CC/C=C\C/C=C\C/C=C\C/C=C\C/C=C\C/C=C\CC. The van der Waals surface area contributed by atoms with Crippen LogP contribution in [0.2, 0.25) is 0 Å². The lowest BCUT2D eigenvalue weighted by Crippen LogP contribution is -2.30. The highest BCUT2D eigenvalue weighted by molar-refractivity contribution is 7.47. The largest absolute Gasteiger partial charge is 0.472 e. The maximum Gasteiger partial charge on any atom is 0.472 e. The molecule has 5 atom stereocenters. The van der Waals surface area contributed by atoms with Crippen LogP contribution in [0.5, 0.6) is 0 Å². The van der Waals surface area contributed by atoms with Gasteiger partial charge >= 0.3 is 39.5 Å². The maximum atomic E-state index is 13.1. The molecule has 17 nitrogen and oxygen atoms in total. The van der Waals surface area contributed by atoms with Crippen LogP contribution in [0.3, 0.4) is 0 Å². The molecule has 0 aromatic rings. The number of hydrogen-bond donors (Lipinski definition) is 3. The Balaban J connectivity index is 5.57. The molecule has 0 radical (unpaired) electrons. The van der Waals surface area contributed by atoms with Gasteiger partial charge in [0.25, 0.3) is 0 Å². The molecule has 0 amide bonds. The summed E-state index contributed by atoms with van der Waals surface area (Å²) in [7, 11) is -10.1. The summed E-state index contributed by atoms with van der Waals surface area (Å²) in [5, 5.41) is 10.6. The molecule has 0 aromatic carbocycles. The van der Waals surface area contributed by atoms with E-state index < -0.39 is 97.5 Å². The summed E-state index contributed by atoms with van der Waals surface area (Å²) < 4.78 is 68.3. The van der Waals surface area contributed by atoms with Crippen molar-refractivity contribution in [2.75, 3.05) is 39.6 Å². The second-order valence-electron chi connectivity index (χ2n) is 25.1. The Morgan fingerprint density at radius 1 is 0.269 bits per heavy atom. The van der Waals surface area contributed by atoms with Crippen molar-refractivity contribution in [2.24, 2.45) is 0 Å². The smallest absolute Gasteiger partial charge is 0.462 e. The van der Waals surface area contributed by atoms with Gasteiger partial charge in [0.1, 0.15) is 19.3 Å². The van der Waals surface area contributed by atoms with Gasteiger partial charge in [-0.3, -0.25) is 37.3 Å². The number of hydrogen-bond acceptors (Lipinski definition) is 15. The zero-order valence-corrected chi connectivity index (χ0v) is 67.7. The number of esters is 4. The number of allylic oxidation sites excluding steroid dienone is 38. The summed E-state index contributed by atoms with van der Waals surface area (Å²) >= 11 is 0. The normalized spacial score (nSPS) is 15.1. The number of phosphoric ester groups is 2. The van der Waals surface area contributed by atoms with Crippen molar-refractivity contribution in [2.45, 2.75) is 264 Å². The lowest BCUT2D eigenvalue weighted by atomic mass is 10.1. The molecule has 0 aliphatic rings. The van der Waals surface area contributed by atoms with Gasteiger partial charge in [-0.15, -0.1) is 0 Å². The molecule has 604 valence electrons. The predicted molar refractivity (Wildman–Crippen MR) is 444 cm³/mol. The number of unbranched alkanes of at least 4 members (excludes halogenated alkanes) is 7. The molecule has 0 aromatic heterocycles. The van der Waals surface area contributed by atoms with Crippen molar-refractivity contribution in [1.82, 2.24) is 0 Å². The van der Waals surface area contributed by atoms with E-state index in [9.17, 15) is 43.2 Å². The molecule has 19 heteroatoms. The summed E-state index contributed by atoms with van der Waals surface area (Å²) in [6.45, 7) is 4.16. The zero-order chi connectivity index (χ0) is 78.9. The Bertz CT molecular complexity index is 2960. The third kappa shape index (κ3) is 77.3. The molecule has 0 bridgehead atoms. The van der Waals surface area contributed by atoms with E-state index in [4.69, 9.17) is 37.0 Å². The maximum absolute atomic E-state index is 13.1. The predicted octanol–water partition coefficient (Wildman–Crippen LogP) is 23.4. The monoisotopic (exact) mass is 1540 g/mol. The highest BCUT2D eigenvalue weighted by atomic mass is 31.2. The minimum absolute atomic E-state index is 0.00816. The van der Waals surface area contributed by atoms with Crippen LogP contribution >= 0.6 is 15.6 Å². The van der Waals surface area contributed by atoms with Crippen LogP contribution in [-0.2, 0) is 65.4 Å². The summed E-state index contributed by atoms with van der Waals surface area (Å²) in [5.41, 5.74) is 0. The second kappa shape index (κ2) is 78.2. The van der Waals surface area contributed by atoms with Crippen molar-refractivity contribution in [3.05, 3.63) is 231 Å². The highest BCUT2D eigenvalue weighted by Crippen LogP contribution is 2.45. The minimum Gasteiger partial charge on any atom is -0.462 e. The molecule has 0 rings (SSSR count). The topological polar surface area (TPSA) is 237 Å². The Morgan fingerprint density at radius 2 is 0.500 bits per heavy atom. The second-order valence-corrected chi connectivity index (χ2v) is 28.1. The molecular weight excluding hydrogens is 1400 g/mol. The Kier molecular flexibility index (Phi) is 73.3. The van der Waals surface area contributed by atoms with Gasteiger partial charge in [-0.2, -0.15) is 0 Å². The van der Waals surface area contributed by atoms with Crippen molar-refractivity contribution in [3.63, 3.8) is 0 Å². The average Bonchev–Trinajstić information content (AvgIpc) is 0.917. The quantitative estimate of drug-likeness (QED) is 0.0169. The van der Waals surface area contributed by atoms with Crippen LogP contribution in [0.1, 0.15) is 246 Å². The van der Waals surface area contributed by atoms with E-state index >= 15 is 0 Å². The van der Waals surface area contributed by atoms with Gasteiger partial charge < -0.3 is 33.8 Å². The number of carbonyl (C=O) groups is 4. The molecule has 0 fully saturated rings. The van der Waals surface area contributed by atoms with Crippen LogP contribution in [0.15, 0.2) is 231 Å². The lowest BCUT2D eigenvalue weighted by Gasteiger charge is -2.21. The lowest BCUT2D eigenvalue weighted by molar-refractivity contribution is -0.161. The third-order valence-electron chi connectivity index (χ3n) is 15.1. The number of aliphatic hydroxyl groups excluding tert-OH is 1. The van der Waals surface area contributed by atoms with E-state index in [1.165, 1.54) is 6.42 Å². The van der Waals surface area contributed by atoms with Crippen molar-refractivity contribution in [3.8, 4) is 0 Å². The van der Waals surface area contributed by atoms with Crippen LogP contribution in [0.4, 0.5) is 0 Å². The number of phosphoric acid groups is 2. The summed E-state index contributed by atoms with van der Waals surface area (Å²) in [5.74, 6) is -2.51. The Labute approximate surface area is 651 Å². The first-order valence-corrected chi connectivity index (χ1v) is 42.6. The van der Waals surface area contributed by atoms with Gasteiger partial charge in [0.2, 0.25) is 0 Å². The van der Waals surface area contributed by atoms with E-state index in [-0.39, 0.29) is 25.7 Å². The highest BCUT2D eigenvalue weighted by Gasteiger charge is 2.30. The van der Waals surface area contributed by atoms with Gasteiger partial charge in [0, 0.05) is 25.7 Å². The fourth-order valence-corrected chi connectivity index (χ4v) is 10.8. The van der Waals surface area contributed by atoms with Gasteiger partial charge in [-0.25, -0.2) is 9.13 Å². The molecule has 0 saturated heterocycles. The number of ether oxygens (including phenoxy) is 4. The van der Waals surface area contributed by atoms with Gasteiger partial charge in [0.15, 0.2) is 12.2 Å². The standard InChI is InChI=1S/C89H136O17P2/c1-5-9-13-17-21-25-29-32-35-38-41-44-47-50-54-57-61-65-69-73-86(91)99-79-84(105-88(93)75-71-67-63-59-53-28-24-20-16-12-8-4)81-103-107(95,96)101-77-83(90)78-102-108(97,98)104-82-85(106-89(94)76-72-68-64-60-56-52-49-46-43-40-37-34-31-27-23-19-15-11-7-3)80-100-87(92)74-70-66-62-58-55-51-48-45-42-39-36-33-30-26-22-18-14-10-6-2/h9-11,13-15,20-27,32-37,41-46,50-52,54-56,61-62,64-66,68,83-85,90H,5-8,12,16-19,28-31,38-40,47-49,53,57-60,63,67,69-82H2,1-4H3,(H,95,96)(H,97,98)/b13-9-,14-10-,15-11-,24-20-,25-21-,26-22-,27-23-,35-32-,36-33-,37-34-,44-41-,45-42-,46-43-,54-50-,55-51-,56-52-,65-61-,66-62-,68-64-. The molecule has 3 N–H and O–H groups in total. The summed E-state index contributed by atoms with van der Waals surface area (Å²) in [4.78, 5) is 72.9. The fourth-order valence-electron chi connectivity index (χ4n) is 9.22. The van der Waals surface area contributed by atoms with Crippen LogP contribution in [0, 0.1) is 0 Å².